The van der Waals surface area contributed by atoms with Crippen LogP contribution in [0.25, 0.3) is 11.6 Å². The van der Waals surface area contributed by atoms with E-state index in [1.54, 1.807) is 40.0 Å². The fourth-order valence-electron chi connectivity index (χ4n) is 3.88. The van der Waals surface area contributed by atoms with Crippen molar-refractivity contribution in [3.63, 3.8) is 0 Å². The van der Waals surface area contributed by atoms with E-state index in [0.29, 0.717) is 16.9 Å². The van der Waals surface area contributed by atoms with E-state index < -0.39 is 11.7 Å². The normalized spacial score (nSPS) is 14.5. The number of fused-ring (bicyclic) bond motifs is 1. The van der Waals surface area contributed by atoms with Crippen molar-refractivity contribution in [2.24, 2.45) is 0 Å². The quantitative estimate of drug-likeness (QED) is 0.492. The summed E-state index contributed by atoms with van der Waals surface area (Å²) >= 11 is 0. The Bertz CT molecular complexity index is 1080. The lowest BCUT2D eigenvalue weighted by Crippen LogP contribution is -2.27. The van der Waals surface area contributed by atoms with Gasteiger partial charge in [-0.1, -0.05) is 33.8 Å². The van der Waals surface area contributed by atoms with Gasteiger partial charge in [0.1, 0.15) is 11.4 Å². The van der Waals surface area contributed by atoms with E-state index in [4.69, 9.17) is 9.47 Å². The zero-order valence-electron chi connectivity index (χ0n) is 20.8. The van der Waals surface area contributed by atoms with Crippen molar-refractivity contribution in [3.8, 4) is 5.75 Å². The average Bonchev–Trinajstić information content (AvgIpc) is 3.00. The number of ether oxygens (including phenoxy) is 2. The van der Waals surface area contributed by atoms with Crippen LogP contribution in [0, 0.1) is 0 Å². The summed E-state index contributed by atoms with van der Waals surface area (Å²) in [5.74, 6) is 1.30. The molecule has 33 heavy (non-hydrogen) atoms. The maximum Gasteiger partial charge on any atom is 0.412 e. The van der Waals surface area contributed by atoms with Gasteiger partial charge in [-0.05, 0) is 79.6 Å². The summed E-state index contributed by atoms with van der Waals surface area (Å²) in [6, 6.07) is 9.52. The molecule has 2 aromatic rings. The molecule has 6 nitrogen and oxygen atoms in total. The number of benzene rings is 2. The van der Waals surface area contributed by atoms with Crippen LogP contribution in [0.5, 0.6) is 5.75 Å². The molecule has 0 unspecified atom stereocenters. The first-order valence-corrected chi connectivity index (χ1v) is 11.3. The van der Waals surface area contributed by atoms with Crippen LogP contribution in [-0.2, 0) is 9.53 Å². The molecular weight excluding hydrogens is 416 g/mol. The Morgan fingerprint density at radius 3 is 2.15 bits per heavy atom. The SMILES string of the molecule is COc1c(C(C)C)cc(/C=C2/C(=O)Nc3cc(NC(=O)OC(C)(C)C)ccc32)cc1C(C)C. The summed E-state index contributed by atoms with van der Waals surface area (Å²) in [5.41, 5.74) is 5.19. The highest BCUT2D eigenvalue weighted by Gasteiger charge is 2.26. The monoisotopic (exact) mass is 450 g/mol. The molecule has 0 radical (unpaired) electrons. The minimum atomic E-state index is -0.590. The lowest BCUT2D eigenvalue weighted by Gasteiger charge is -2.20. The molecule has 0 saturated carbocycles. The highest BCUT2D eigenvalue weighted by Crippen LogP contribution is 2.39. The van der Waals surface area contributed by atoms with Gasteiger partial charge in [0.05, 0.1) is 12.8 Å². The number of hydrogen-bond donors (Lipinski definition) is 2. The second kappa shape index (κ2) is 9.30. The summed E-state index contributed by atoms with van der Waals surface area (Å²) < 4.78 is 11.0. The summed E-state index contributed by atoms with van der Waals surface area (Å²) in [6.07, 6.45) is 1.38. The molecule has 1 aliphatic rings. The number of hydrogen-bond acceptors (Lipinski definition) is 4. The van der Waals surface area contributed by atoms with Gasteiger partial charge in [0.25, 0.3) is 5.91 Å². The summed E-state index contributed by atoms with van der Waals surface area (Å²) in [6.45, 7) is 14.0. The number of anilines is 2. The van der Waals surface area contributed by atoms with Crippen molar-refractivity contribution < 1.29 is 19.1 Å². The van der Waals surface area contributed by atoms with Gasteiger partial charge in [0.15, 0.2) is 0 Å². The molecule has 6 heteroatoms. The molecule has 0 atom stereocenters. The summed E-state index contributed by atoms with van der Waals surface area (Å²) in [5, 5.41) is 5.62. The van der Waals surface area contributed by atoms with E-state index in [0.717, 1.165) is 28.0 Å². The molecule has 1 heterocycles. The predicted octanol–water partition coefficient (Wildman–Crippen LogP) is 6.78. The number of amides is 2. The Kier molecular flexibility index (Phi) is 6.86. The highest BCUT2D eigenvalue weighted by atomic mass is 16.6. The largest absolute Gasteiger partial charge is 0.496 e. The lowest BCUT2D eigenvalue weighted by molar-refractivity contribution is -0.110. The van der Waals surface area contributed by atoms with E-state index >= 15 is 0 Å². The maximum absolute atomic E-state index is 12.8. The second-order valence-electron chi connectivity index (χ2n) is 9.94. The lowest BCUT2D eigenvalue weighted by atomic mass is 9.90. The fourth-order valence-corrected chi connectivity index (χ4v) is 3.88. The van der Waals surface area contributed by atoms with Crippen LogP contribution in [0.2, 0.25) is 0 Å². The molecule has 3 rings (SSSR count). The van der Waals surface area contributed by atoms with E-state index in [2.05, 4.69) is 50.5 Å². The molecule has 1 aliphatic heterocycles. The third-order valence-electron chi connectivity index (χ3n) is 5.38. The molecule has 0 fully saturated rings. The second-order valence-corrected chi connectivity index (χ2v) is 9.94. The Morgan fingerprint density at radius 2 is 1.64 bits per heavy atom. The number of carbonyl (C=O) groups is 2. The third kappa shape index (κ3) is 5.56. The van der Waals surface area contributed by atoms with Crippen molar-refractivity contribution in [2.45, 2.75) is 65.9 Å². The van der Waals surface area contributed by atoms with E-state index in [9.17, 15) is 9.59 Å². The molecule has 0 aliphatic carbocycles. The van der Waals surface area contributed by atoms with Gasteiger partial charge in [-0.2, -0.15) is 0 Å². The number of nitrogens with one attached hydrogen (secondary N) is 2. The molecule has 0 spiro atoms. The first kappa shape index (κ1) is 24.4. The van der Waals surface area contributed by atoms with Crippen molar-refractivity contribution in [2.75, 3.05) is 17.7 Å². The minimum absolute atomic E-state index is 0.174. The van der Waals surface area contributed by atoms with Crippen LogP contribution in [0.1, 0.15) is 82.6 Å². The van der Waals surface area contributed by atoms with Gasteiger partial charge < -0.3 is 14.8 Å². The smallest absolute Gasteiger partial charge is 0.412 e. The fraction of sp³-hybridized carbons (Fsp3) is 0.407. The van der Waals surface area contributed by atoms with Crippen LogP contribution in [0.15, 0.2) is 30.3 Å². The zero-order valence-corrected chi connectivity index (χ0v) is 20.8. The molecular formula is C27H34N2O4. The van der Waals surface area contributed by atoms with Gasteiger partial charge in [0, 0.05) is 16.8 Å². The Labute approximate surface area is 196 Å². The molecule has 2 N–H and O–H groups in total. The zero-order chi connectivity index (χ0) is 24.5. The van der Waals surface area contributed by atoms with Gasteiger partial charge in [-0.3, -0.25) is 10.1 Å². The van der Waals surface area contributed by atoms with E-state index in [1.807, 2.05) is 12.1 Å². The highest BCUT2D eigenvalue weighted by molar-refractivity contribution is 6.35. The molecule has 2 amide bonds. The van der Waals surface area contributed by atoms with Crippen LogP contribution < -0.4 is 15.4 Å². The predicted molar refractivity (Wildman–Crippen MR) is 134 cm³/mol. The topological polar surface area (TPSA) is 76.7 Å². The van der Waals surface area contributed by atoms with Crippen LogP contribution in [0.3, 0.4) is 0 Å². The van der Waals surface area contributed by atoms with Crippen molar-refractivity contribution in [3.05, 3.63) is 52.6 Å². The first-order valence-electron chi connectivity index (χ1n) is 11.3. The molecule has 176 valence electrons. The third-order valence-corrected chi connectivity index (χ3v) is 5.38. The van der Waals surface area contributed by atoms with E-state index in [1.165, 1.54) is 0 Å². The van der Waals surface area contributed by atoms with Gasteiger partial charge in [0.2, 0.25) is 0 Å². The Morgan fingerprint density at radius 1 is 1.03 bits per heavy atom. The Hall–Kier alpha value is -3.28. The minimum Gasteiger partial charge on any atom is -0.496 e. The van der Waals surface area contributed by atoms with Crippen LogP contribution in [-0.4, -0.2) is 24.7 Å². The van der Waals surface area contributed by atoms with Gasteiger partial charge in [-0.25, -0.2) is 4.79 Å². The molecule has 0 saturated heterocycles. The van der Waals surface area contributed by atoms with Crippen molar-refractivity contribution in [1.82, 2.24) is 0 Å². The average molecular weight is 451 g/mol. The number of methoxy groups -OCH3 is 1. The molecule has 2 aromatic carbocycles. The number of carbonyl (C=O) groups excluding carboxylic acids is 2. The summed E-state index contributed by atoms with van der Waals surface area (Å²) in [4.78, 5) is 24.9. The molecule has 0 aromatic heterocycles. The van der Waals surface area contributed by atoms with Crippen molar-refractivity contribution in [1.29, 1.82) is 0 Å². The van der Waals surface area contributed by atoms with E-state index in [-0.39, 0.29) is 17.7 Å². The van der Waals surface area contributed by atoms with Crippen LogP contribution >= 0.6 is 0 Å². The number of rotatable bonds is 5. The van der Waals surface area contributed by atoms with Crippen molar-refractivity contribution >= 4 is 35.0 Å². The molecule has 0 bridgehead atoms. The standard InChI is InChI=1S/C27H34N2O4/c1-15(2)20-11-17(12-21(16(3)4)24(20)32-8)13-22-19-10-9-18(14-23(19)29-25(22)30)28-26(31)33-27(5,6)7/h9-16H,1-8H3,(H,28,31)(H,29,30)/b22-13+. The summed E-state index contributed by atoms with van der Waals surface area (Å²) in [7, 11) is 1.70. The maximum atomic E-state index is 12.8. The first-order chi connectivity index (χ1) is 15.4. The van der Waals surface area contributed by atoms with Gasteiger partial charge >= 0.3 is 6.09 Å². The Balaban J connectivity index is 1.97. The van der Waals surface area contributed by atoms with Crippen LogP contribution in [0.4, 0.5) is 16.2 Å². The van der Waals surface area contributed by atoms with Gasteiger partial charge in [-0.15, -0.1) is 0 Å².